The number of aryl methyl sites for hydroxylation is 1. The number of carbonyl (C=O) groups is 1. The molecule has 0 spiro atoms. The van der Waals surface area contributed by atoms with Crippen LogP contribution in [0, 0.1) is 6.92 Å². The van der Waals surface area contributed by atoms with Gasteiger partial charge in [-0.3, -0.25) is 4.79 Å². The summed E-state index contributed by atoms with van der Waals surface area (Å²) in [6.07, 6.45) is 6.64. The third-order valence-corrected chi connectivity index (χ3v) is 5.54. The Kier molecular flexibility index (Phi) is 5.42. The highest BCUT2D eigenvalue weighted by molar-refractivity contribution is 7.09. The number of thiazole rings is 1. The van der Waals surface area contributed by atoms with E-state index in [1.54, 1.807) is 35.1 Å². The molecule has 0 aliphatic carbocycles. The molecule has 0 aliphatic heterocycles. The largest absolute Gasteiger partial charge is 0.346 e. The van der Waals surface area contributed by atoms with E-state index in [0.717, 1.165) is 17.3 Å². The number of nitrogens with zero attached hydrogens (tertiary/aromatic N) is 3. The van der Waals surface area contributed by atoms with Gasteiger partial charge in [-0.1, -0.05) is 0 Å². The molecule has 0 aromatic carbocycles. The quantitative estimate of drug-likeness (QED) is 0.698. The molecule has 0 bridgehead atoms. The van der Waals surface area contributed by atoms with Crippen LogP contribution in [-0.2, 0) is 11.2 Å². The molecule has 126 valence electrons. The molecule has 3 rings (SSSR count). The first-order valence-electron chi connectivity index (χ1n) is 7.82. The Bertz CT molecular complexity index is 764. The average Bonchev–Trinajstić information content (AvgIpc) is 3.29. The summed E-state index contributed by atoms with van der Waals surface area (Å²) >= 11 is 3.24. The van der Waals surface area contributed by atoms with Gasteiger partial charge in [-0.25, -0.2) is 9.97 Å². The second kappa shape index (κ2) is 7.72. The number of thiophene rings is 1. The topological polar surface area (TPSA) is 59.8 Å². The Morgan fingerprint density at radius 3 is 2.83 bits per heavy atom. The van der Waals surface area contributed by atoms with Crippen LogP contribution in [0.2, 0.25) is 0 Å². The van der Waals surface area contributed by atoms with Gasteiger partial charge in [-0.2, -0.15) is 11.3 Å². The number of carbonyl (C=O) groups excluding carboxylic acids is 1. The van der Waals surface area contributed by atoms with E-state index in [0.29, 0.717) is 6.42 Å². The second-order valence-electron chi connectivity index (χ2n) is 5.76. The normalized spacial score (nSPS) is 13.6. The first-order chi connectivity index (χ1) is 11.6. The van der Waals surface area contributed by atoms with Crippen LogP contribution in [-0.4, -0.2) is 20.4 Å². The van der Waals surface area contributed by atoms with E-state index in [4.69, 9.17) is 0 Å². The van der Waals surface area contributed by atoms with Gasteiger partial charge in [0.2, 0.25) is 5.91 Å². The molecule has 0 radical (unpaired) electrons. The number of amides is 1. The molecule has 24 heavy (non-hydrogen) atoms. The van der Waals surface area contributed by atoms with Crippen LogP contribution in [0.1, 0.15) is 41.8 Å². The first-order valence-corrected chi connectivity index (χ1v) is 9.65. The van der Waals surface area contributed by atoms with Gasteiger partial charge in [0.05, 0.1) is 6.04 Å². The molecule has 0 saturated heterocycles. The number of nitrogens with one attached hydrogen (secondary N) is 1. The minimum absolute atomic E-state index is 0.0334. The molecule has 3 aromatic rings. The Hall–Kier alpha value is -1.99. The fraction of sp³-hybridized carbons (Fsp3) is 0.353. The van der Waals surface area contributed by atoms with Crippen LogP contribution in [0.15, 0.2) is 40.8 Å². The molecule has 2 atom stereocenters. The van der Waals surface area contributed by atoms with Gasteiger partial charge < -0.3 is 9.88 Å². The van der Waals surface area contributed by atoms with Gasteiger partial charge in [0.15, 0.2) is 0 Å². The second-order valence-corrected chi connectivity index (χ2v) is 7.47. The van der Waals surface area contributed by atoms with Gasteiger partial charge in [-0.15, -0.1) is 11.3 Å². The van der Waals surface area contributed by atoms with Crippen molar-refractivity contribution in [2.75, 3.05) is 0 Å². The number of imidazole rings is 1. The Morgan fingerprint density at radius 1 is 1.33 bits per heavy atom. The summed E-state index contributed by atoms with van der Waals surface area (Å²) in [5.74, 6) is 0.955. The summed E-state index contributed by atoms with van der Waals surface area (Å²) in [6, 6.07) is 2.09. The molecule has 1 N–H and O–H groups in total. The minimum Gasteiger partial charge on any atom is -0.346 e. The van der Waals surface area contributed by atoms with Crippen molar-refractivity contribution in [3.05, 3.63) is 57.2 Å². The van der Waals surface area contributed by atoms with Gasteiger partial charge in [0.25, 0.3) is 0 Å². The summed E-state index contributed by atoms with van der Waals surface area (Å²) in [5, 5.41) is 10.2. The zero-order valence-electron chi connectivity index (χ0n) is 13.7. The third kappa shape index (κ3) is 4.10. The molecular formula is C17H20N4OS2. The Labute approximate surface area is 149 Å². The smallest absolute Gasteiger partial charge is 0.222 e. The number of aromatic nitrogens is 3. The van der Waals surface area contributed by atoms with E-state index < -0.39 is 0 Å². The number of hydrogen-bond acceptors (Lipinski definition) is 5. The van der Waals surface area contributed by atoms with Crippen molar-refractivity contribution in [2.24, 2.45) is 0 Å². The van der Waals surface area contributed by atoms with Crippen molar-refractivity contribution in [3.63, 3.8) is 0 Å². The SMILES string of the molecule is Cc1nccn1[C@@H](C)CC(=O)N[C@H](Cc1ccsc1)c1nccs1. The van der Waals surface area contributed by atoms with E-state index in [1.807, 2.05) is 30.0 Å². The van der Waals surface area contributed by atoms with Crippen molar-refractivity contribution < 1.29 is 4.79 Å². The molecule has 0 saturated carbocycles. The van der Waals surface area contributed by atoms with E-state index in [1.165, 1.54) is 5.56 Å². The van der Waals surface area contributed by atoms with Gasteiger partial charge in [0.1, 0.15) is 10.8 Å². The lowest BCUT2D eigenvalue weighted by Crippen LogP contribution is -2.31. The van der Waals surface area contributed by atoms with Crippen LogP contribution in [0.4, 0.5) is 0 Å². The molecular weight excluding hydrogens is 340 g/mol. The van der Waals surface area contributed by atoms with Crippen molar-refractivity contribution in [3.8, 4) is 0 Å². The zero-order valence-corrected chi connectivity index (χ0v) is 15.3. The van der Waals surface area contributed by atoms with Gasteiger partial charge >= 0.3 is 0 Å². The van der Waals surface area contributed by atoms with E-state index in [-0.39, 0.29) is 18.0 Å². The summed E-state index contributed by atoms with van der Waals surface area (Å²) in [4.78, 5) is 21.1. The molecule has 3 heterocycles. The standard InChI is InChI=1S/C17H20N4OS2/c1-12(21-6-4-18-13(21)2)9-16(22)20-15(17-19-5-8-24-17)10-14-3-7-23-11-14/h3-8,11-12,15H,9-10H2,1-2H3,(H,20,22)/t12-,15+/m0/s1. The fourth-order valence-electron chi connectivity index (χ4n) is 2.72. The lowest BCUT2D eigenvalue weighted by Gasteiger charge is -2.19. The van der Waals surface area contributed by atoms with Crippen LogP contribution in [0.5, 0.6) is 0 Å². The van der Waals surface area contributed by atoms with Crippen molar-refractivity contribution in [1.82, 2.24) is 19.9 Å². The minimum atomic E-state index is -0.0804. The molecule has 7 heteroatoms. The summed E-state index contributed by atoms with van der Waals surface area (Å²) in [7, 11) is 0. The van der Waals surface area contributed by atoms with Crippen molar-refractivity contribution in [2.45, 2.75) is 38.8 Å². The summed E-state index contributed by atoms with van der Waals surface area (Å²) in [5.41, 5.74) is 1.22. The number of rotatable bonds is 7. The molecule has 5 nitrogen and oxygen atoms in total. The van der Waals surface area contributed by atoms with E-state index in [9.17, 15) is 4.79 Å². The van der Waals surface area contributed by atoms with Crippen molar-refractivity contribution in [1.29, 1.82) is 0 Å². The zero-order chi connectivity index (χ0) is 16.9. The van der Waals surface area contributed by atoms with Crippen LogP contribution in [0.25, 0.3) is 0 Å². The molecule has 3 aromatic heterocycles. The van der Waals surface area contributed by atoms with Crippen LogP contribution in [0.3, 0.4) is 0 Å². The average molecular weight is 361 g/mol. The predicted molar refractivity (Wildman–Crippen MR) is 97.3 cm³/mol. The monoisotopic (exact) mass is 360 g/mol. The Morgan fingerprint density at radius 2 is 2.21 bits per heavy atom. The van der Waals surface area contributed by atoms with Crippen LogP contribution >= 0.6 is 22.7 Å². The van der Waals surface area contributed by atoms with Gasteiger partial charge in [0, 0.05) is 42.9 Å². The van der Waals surface area contributed by atoms with Crippen LogP contribution < -0.4 is 5.32 Å². The Balaban J connectivity index is 1.66. The lowest BCUT2D eigenvalue weighted by molar-refractivity contribution is -0.122. The summed E-state index contributed by atoms with van der Waals surface area (Å²) < 4.78 is 2.02. The van der Waals surface area contributed by atoms with E-state index >= 15 is 0 Å². The highest BCUT2D eigenvalue weighted by Gasteiger charge is 2.20. The summed E-state index contributed by atoms with van der Waals surface area (Å²) in [6.45, 7) is 3.98. The molecule has 0 unspecified atom stereocenters. The van der Waals surface area contributed by atoms with Gasteiger partial charge in [-0.05, 0) is 36.2 Å². The number of hydrogen-bond donors (Lipinski definition) is 1. The maximum Gasteiger partial charge on any atom is 0.222 e. The maximum absolute atomic E-state index is 12.5. The molecule has 0 fully saturated rings. The molecule has 0 aliphatic rings. The lowest BCUT2D eigenvalue weighted by atomic mass is 10.1. The highest BCUT2D eigenvalue weighted by atomic mass is 32.1. The third-order valence-electron chi connectivity index (χ3n) is 3.92. The van der Waals surface area contributed by atoms with Crippen molar-refractivity contribution >= 4 is 28.6 Å². The highest BCUT2D eigenvalue weighted by Crippen LogP contribution is 2.23. The maximum atomic E-state index is 12.5. The fourth-order valence-corrected chi connectivity index (χ4v) is 4.10. The van der Waals surface area contributed by atoms with E-state index in [2.05, 4.69) is 32.1 Å². The first kappa shape index (κ1) is 16.9. The molecule has 1 amide bonds. The predicted octanol–water partition coefficient (Wildman–Crippen LogP) is 3.76.